The number of pyridine rings is 1. The van der Waals surface area contributed by atoms with Gasteiger partial charge in [0.05, 0.1) is 12.3 Å². The van der Waals surface area contributed by atoms with Crippen molar-refractivity contribution in [3.8, 4) is 11.3 Å². The van der Waals surface area contributed by atoms with Crippen molar-refractivity contribution < 1.29 is 5.11 Å². The minimum Gasteiger partial charge on any atom is -0.395 e. The monoisotopic (exact) mass is 231 g/mol. The van der Waals surface area contributed by atoms with Crippen LogP contribution in [0.3, 0.4) is 0 Å². The third-order valence-corrected chi connectivity index (χ3v) is 2.12. The van der Waals surface area contributed by atoms with Gasteiger partial charge in [-0.3, -0.25) is 4.98 Å². The van der Waals surface area contributed by atoms with Crippen molar-refractivity contribution in [3.05, 3.63) is 30.6 Å². The molecule has 0 bridgehead atoms. The first-order chi connectivity index (χ1) is 8.29. The molecule has 2 rings (SSSR count). The molecule has 0 saturated heterocycles. The lowest BCUT2D eigenvalue weighted by atomic mass is 10.2. The molecule has 0 aliphatic carbocycles. The summed E-state index contributed by atoms with van der Waals surface area (Å²) in [4.78, 5) is 12.2. The molecule has 0 saturated carbocycles. The summed E-state index contributed by atoms with van der Waals surface area (Å²) in [5.41, 5.74) is 7.19. The molecule has 0 radical (unpaired) electrons. The third kappa shape index (κ3) is 2.88. The van der Waals surface area contributed by atoms with E-state index >= 15 is 0 Å². The second-order valence-corrected chi connectivity index (χ2v) is 3.39. The number of nitrogens with two attached hydrogens (primary N) is 1. The maximum Gasteiger partial charge on any atom is 0.222 e. The van der Waals surface area contributed by atoms with E-state index in [4.69, 9.17) is 10.8 Å². The second-order valence-electron chi connectivity index (χ2n) is 3.39. The van der Waals surface area contributed by atoms with E-state index in [2.05, 4.69) is 20.3 Å². The Balaban J connectivity index is 2.32. The molecule has 0 unspecified atom stereocenters. The molecular weight excluding hydrogens is 218 g/mol. The summed E-state index contributed by atoms with van der Waals surface area (Å²) in [5, 5.41) is 11.7. The van der Waals surface area contributed by atoms with E-state index in [1.165, 1.54) is 0 Å². The van der Waals surface area contributed by atoms with Crippen LogP contribution in [0.2, 0.25) is 0 Å². The Kier molecular flexibility index (Phi) is 3.46. The van der Waals surface area contributed by atoms with Gasteiger partial charge in [-0.05, 0) is 12.1 Å². The average Bonchev–Trinajstić information content (AvgIpc) is 2.37. The summed E-state index contributed by atoms with van der Waals surface area (Å²) >= 11 is 0. The number of nitrogen functional groups attached to an aromatic ring is 1. The minimum atomic E-state index is 0.0339. The highest BCUT2D eigenvalue weighted by Crippen LogP contribution is 2.19. The zero-order valence-corrected chi connectivity index (χ0v) is 9.17. The average molecular weight is 231 g/mol. The van der Waals surface area contributed by atoms with Gasteiger partial charge in [-0.25, -0.2) is 4.98 Å². The van der Waals surface area contributed by atoms with Gasteiger partial charge in [-0.15, -0.1) is 0 Å². The first-order valence-electron chi connectivity index (χ1n) is 5.19. The molecule has 0 atom stereocenters. The van der Waals surface area contributed by atoms with Crippen LogP contribution < -0.4 is 11.1 Å². The topological polar surface area (TPSA) is 97.0 Å². The maximum absolute atomic E-state index is 8.74. The van der Waals surface area contributed by atoms with E-state index in [1.54, 1.807) is 18.5 Å². The number of nitrogens with one attached hydrogen (secondary N) is 1. The summed E-state index contributed by atoms with van der Waals surface area (Å²) in [6, 6.07) is 5.49. The number of aliphatic hydroxyl groups excluding tert-OH is 1. The fourth-order valence-corrected chi connectivity index (χ4v) is 1.40. The van der Waals surface area contributed by atoms with Crippen LogP contribution in [0.25, 0.3) is 11.3 Å². The predicted octanol–water partition coefficient (Wildman–Crippen LogP) is 0.525. The molecule has 0 aliphatic heterocycles. The summed E-state index contributed by atoms with van der Waals surface area (Å²) in [6.45, 7) is 0.453. The van der Waals surface area contributed by atoms with E-state index < -0.39 is 0 Å². The molecule has 0 aromatic carbocycles. The summed E-state index contributed by atoms with van der Waals surface area (Å²) in [7, 11) is 0. The number of hydrogen-bond acceptors (Lipinski definition) is 6. The van der Waals surface area contributed by atoms with Gasteiger partial charge in [0.1, 0.15) is 5.82 Å². The number of anilines is 2. The lowest BCUT2D eigenvalue weighted by Crippen LogP contribution is -2.09. The Morgan fingerprint density at radius 2 is 2.24 bits per heavy atom. The van der Waals surface area contributed by atoms with Crippen molar-refractivity contribution in [2.45, 2.75) is 0 Å². The predicted molar refractivity (Wildman–Crippen MR) is 65.3 cm³/mol. The smallest absolute Gasteiger partial charge is 0.222 e. The molecule has 0 fully saturated rings. The highest BCUT2D eigenvalue weighted by atomic mass is 16.3. The van der Waals surface area contributed by atoms with Gasteiger partial charge in [0.2, 0.25) is 5.95 Å². The molecule has 6 nitrogen and oxygen atoms in total. The largest absolute Gasteiger partial charge is 0.395 e. The van der Waals surface area contributed by atoms with Gasteiger partial charge in [-0.2, -0.15) is 4.98 Å². The van der Waals surface area contributed by atoms with Crippen LogP contribution in [0.15, 0.2) is 30.6 Å². The molecule has 88 valence electrons. The number of hydrogen-bond donors (Lipinski definition) is 3. The molecule has 4 N–H and O–H groups in total. The number of aliphatic hydroxyl groups is 1. The summed E-state index contributed by atoms with van der Waals surface area (Å²) in [5.74, 6) is 0.775. The zero-order chi connectivity index (χ0) is 12.1. The van der Waals surface area contributed by atoms with E-state index in [0.717, 1.165) is 5.56 Å². The molecular formula is C11H13N5O. The first kappa shape index (κ1) is 11.3. The summed E-state index contributed by atoms with van der Waals surface area (Å²) in [6.07, 6.45) is 3.40. The van der Waals surface area contributed by atoms with Crippen LogP contribution in [0.1, 0.15) is 0 Å². The van der Waals surface area contributed by atoms with Gasteiger partial charge in [0.25, 0.3) is 0 Å². The number of nitrogens with zero attached hydrogens (tertiary/aromatic N) is 3. The molecule has 2 aromatic rings. The van der Waals surface area contributed by atoms with E-state index in [0.29, 0.717) is 18.1 Å². The van der Waals surface area contributed by atoms with Crippen LogP contribution in [0, 0.1) is 0 Å². The first-order valence-corrected chi connectivity index (χ1v) is 5.19. The van der Waals surface area contributed by atoms with Crippen LogP contribution in [0.5, 0.6) is 0 Å². The lowest BCUT2D eigenvalue weighted by molar-refractivity contribution is 0.311. The van der Waals surface area contributed by atoms with Crippen LogP contribution >= 0.6 is 0 Å². The van der Waals surface area contributed by atoms with Gasteiger partial charge >= 0.3 is 0 Å². The van der Waals surface area contributed by atoms with Gasteiger partial charge in [0, 0.05) is 30.6 Å². The van der Waals surface area contributed by atoms with Crippen LogP contribution in [-0.2, 0) is 0 Å². The Hall–Kier alpha value is -2.21. The summed E-state index contributed by atoms with van der Waals surface area (Å²) < 4.78 is 0. The van der Waals surface area contributed by atoms with Crippen molar-refractivity contribution in [2.75, 3.05) is 24.2 Å². The van der Waals surface area contributed by atoms with Crippen molar-refractivity contribution >= 4 is 11.8 Å². The van der Waals surface area contributed by atoms with Gasteiger partial charge in [-0.1, -0.05) is 0 Å². The van der Waals surface area contributed by atoms with Gasteiger partial charge < -0.3 is 16.2 Å². The fraction of sp³-hybridized carbons (Fsp3) is 0.182. The molecule has 6 heteroatoms. The van der Waals surface area contributed by atoms with Crippen LogP contribution in [0.4, 0.5) is 11.8 Å². The Labute approximate surface area is 98.6 Å². The molecule has 0 aliphatic rings. The Morgan fingerprint density at radius 3 is 2.94 bits per heavy atom. The van der Waals surface area contributed by atoms with Crippen molar-refractivity contribution in [1.82, 2.24) is 15.0 Å². The minimum absolute atomic E-state index is 0.0339. The third-order valence-electron chi connectivity index (χ3n) is 2.12. The van der Waals surface area contributed by atoms with Crippen LogP contribution in [-0.4, -0.2) is 33.2 Å². The SMILES string of the molecule is Nc1nc(NCCO)cc(-c2cccnc2)n1. The molecule has 0 spiro atoms. The highest BCUT2D eigenvalue weighted by molar-refractivity contribution is 5.62. The van der Waals surface area contributed by atoms with E-state index in [1.807, 2.05) is 12.1 Å². The van der Waals surface area contributed by atoms with Crippen molar-refractivity contribution in [1.29, 1.82) is 0 Å². The molecule has 17 heavy (non-hydrogen) atoms. The second kappa shape index (κ2) is 5.22. The number of aromatic nitrogens is 3. The maximum atomic E-state index is 8.74. The Bertz CT molecular complexity index is 488. The lowest BCUT2D eigenvalue weighted by Gasteiger charge is -2.06. The standard InChI is InChI=1S/C11H13N5O/c12-11-15-9(8-2-1-3-13-7-8)6-10(16-11)14-4-5-17/h1-3,6-7,17H,4-5H2,(H3,12,14,15,16). The zero-order valence-electron chi connectivity index (χ0n) is 9.17. The molecule has 2 aromatic heterocycles. The van der Waals surface area contributed by atoms with Crippen molar-refractivity contribution in [2.24, 2.45) is 0 Å². The van der Waals surface area contributed by atoms with Crippen molar-refractivity contribution in [3.63, 3.8) is 0 Å². The molecule has 2 heterocycles. The van der Waals surface area contributed by atoms with E-state index in [9.17, 15) is 0 Å². The molecule has 0 amide bonds. The fourth-order valence-electron chi connectivity index (χ4n) is 1.40. The highest BCUT2D eigenvalue weighted by Gasteiger charge is 2.04. The van der Waals surface area contributed by atoms with E-state index in [-0.39, 0.29) is 12.6 Å². The Morgan fingerprint density at radius 1 is 1.35 bits per heavy atom. The quantitative estimate of drug-likeness (QED) is 0.710. The van der Waals surface area contributed by atoms with Gasteiger partial charge in [0.15, 0.2) is 0 Å². The number of rotatable bonds is 4. The normalized spacial score (nSPS) is 10.2.